The van der Waals surface area contributed by atoms with Gasteiger partial charge in [-0.25, -0.2) is 36.1 Å². The molecule has 0 atom stereocenters. The number of anilines is 1. The molecule has 13 heteroatoms. The van der Waals surface area contributed by atoms with E-state index in [1.54, 1.807) is 13.0 Å². The number of nitrogens with one attached hydrogen (secondary N) is 1. The fourth-order valence-corrected chi connectivity index (χ4v) is 4.18. The molecule has 0 unspecified atom stereocenters. The zero-order valence-electron chi connectivity index (χ0n) is 17.2. The van der Waals surface area contributed by atoms with Gasteiger partial charge in [0.05, 0.1) is 42.0 Å². The van der Waals surface area contributed by atoms with Crippen molar-refractivity contribution >= 4 is 21.2 Å². The molecule has 9 nitrogen and oxygen atoms in total. The minimum Gasteiger partial charge on any atom is -0.487 e. The molecule has 4 rings (SSSR count). The van der Waals surface area contributed by atoms with Crippen LogP contribution in [0.2, 0.25) is 0 Å². The Hall–Kier alpha value is -3.87. The molecule has 4 aromatic rings. The van der Waals surface area contributed by atoms with Crippen LogP contribution in [0, 0.1) is 24.4 Å². The summed E-state index contributed by atoms with van der Waals surface area (Å²) in [5.74, 6) is -3.25. The van der Waals surface area contributed by atoms with Gasteiger partial charge in [-0.15, -0.1) is 0 Å². The summed E-state index contributed by atoms with van der Waals surface area (Å²) >= 11 is 0. The van der Waals surface area contributed by atoms with Crippen LogP contribution in [0.5, 0.6) is 11.6 Å². The maximum atomic E-state index is 15.0. The fraction of sp³-hybridized carbons (Fsp3) is 0.150. The van der Waals surface area contributed by atoms with Crippen LogP contribution < -0.4 is 14.2 Å². The van der Waals surface area contributed by atoms with Crippen molar-refractivity contribution in [1.82, 2.24) is 19.6 Å². The smallest absolute Gasteiger partial charge is 0.267 e. The Balaban J connectivity index is 1.61. The molecule has 0 fully saturated rings. The normalized spacial score (nSPS) is 11.5. The van der Waals surface area contributed by atoms with E-state index in [9.17, 15) is 17.2 Å². The summed E-state index contributed by atoms with van der Waals surface area (Å²) < 4.78 is 82.0. The summed E-state index contributed by atoms with van der Waals surface area (Å²) in [5.41, 5.74) is 0.239. The molecule has 0 aliphatic heterocycles. The molecule has 0 saturated carbocycles. The number of methoxy groups -OCH3 is 1. The number of hydrogen-bond acceptors (Lipinski definition) is 7. The maximum absolute atomic E-state index is 15.0. The first-order valence-corrected chi connectivity index (χ1v) is 10.8. The standard InChI is InChI=1S/C20H16F3N5O4S/c1-11-17-6-13(8-26-28(17)10-25-11)32-9-14-15(22)3-4-16(19(14)23)27-33(29,30)18-5-12(21)7-24-20(18)31-2/h3-8,10,27H,9H2,1-2H3. The molecule has 1 N–H and O–H groups in total. The summed E-state index contributed by atoms with van der Waals surface area (Å²) in [6, 6.07) is 4.04. The Kier molecular flexibility index (Phi) is 5.80. The van der Waals surface area contributed by atoms with Gasteiger partial charge in [0.15, 0.2) is 10.7 Å². The van der Waals surface area contributed by atoms with Gasteiger partial charge in [0.2, 0.25) is 5.88 Å². The lowest BCUT2D eigenvalue weighted by atomic mass is 10.2. The molecule has 0 aliphatic carbocycles. The van der Waals surface area contributed by atoms with E-state index in [4.69, 9.17) is 9.47 Å². The van der Waals surface area contributed by atoms with E-state index in [2.05, 4.69) is 15.1 Å². The van der Waals surface area contributed by atoms with Crippen LogP contribution in [0.3, 0.4) is 0 Å². The Morgan fingerprint density at radius 2 is 1.91 bits per heavy atom. The van der Waals surface area contributed by atoms with Gasteiger partial charge in [-0.2, -0.15) is 5.10 Å². The van der Waals surface area contributed by atoms with Gasteiger partial charge in [-0.1, -0.05) is 0 Å². The monoisotopic (exact) mass is 479 g/mol. The number of imidazole rings is 1. The molecule has 3 heterocycles. The Morgan fingerprint density at radius 1 is 1.12 bits per heavy atom. The van der Waals surface area contributed by atoms with Crippen molar-refractivity contribution in [2.45, 2.75) is 18.4 Å². The van der Waals surface area contributed by atoms with Gasteiger partial charge in [0, 0.05) is 12.1 Å². The number of pyridine rings is 1. The number of aryl methyl sites for hydroxylation is 1. The van der Waals surface area contributed by atoms with Crippen LogP contribution in [-0.2, 0) is 16.6 Å². The highest BCUT2D eigenvalue weighted by atomic mass is 32.2. The molecular weight excluding hydrogens is 463 g/mol. The maximum Gasteiger partial charge on any atom is 0.267 e. The van der Waals surface area contributed by atoms with E-state index in [1.807, 2.05) is 4.72 Å². The van der Waals surface area contributed by atoms with Crippen molar-refractivity contribution in [3.05, 3.63) is 71.7 Å². The summed E-state index contributed by atoms with van der Waals surface area (Å²) in [6.07, 6.45) is 3.62. The van der Waals surface area contributed by atoms with Crippen molar-refractivity contribution in [2.75, 3.05) is 11.8 Å². The van der Waals surface area contributed by atoms with Gasteiger partial charge < -0.3 is 9.47 Å². The molecule has 1 aromatic carbocycles. The van der Waals surface area contributed by atoms with Crippen LogP contribution in [-0.4, -0.2) is 35.1 Å². The molecule has 33 heavy (non-hydrogen) atoms. The highest BCUT2D eigenvalue weighted by molar-refractivity contribution is 7.92. The van der Waals surface area contributed by atoms with Crippen LogP contribution in [0.15, 0.2) is 47.9 Å². The zero-order valence-corrected chi connectivity index (χ0v) is 18.0. The van der Waals surface area contributed by atoms with Gasteiger partial charge in [0.25, 0.3) is 10.0 Å². The number of hydrogen-bond donors (Lipinski definition) is 1. The van der Waals surface area contributed by atoms with E-state index >= 15 is 4.39 Å². The average molecular weight is 479 g/mol. The third kappa shape index (κ3) is 4.39. The Bertz CT molecular complexity index is 1460. The first-order chi connectivity index (χ1) is 15.7. The topological polar surface area (TPSA) is 108 Å². The number of rotatable bonds is 7. The van der Waals surface area contributed by atoms with Gasteiger partial charge in [0.1, 0.15) is 30.3 Å². The number of aromatic nitrogens is 4. The summed E-state index contributed by atoms with van der Waals surface area (Å²) in [7, 11) is -3.38. The third-order valence-corrected chi connectivity index (χ3v) is 6.01. The SMILES string of the molecule is COc1ncc(F)cc1S(=O)(=O)Nc1ccc(F)c(COc2cnn3cnc(C)c3c2)c1F. The Morgan fingerprint density at radius 3 is 2.67 bits per heavy atom. The minimum absolute atomic E-state index is 0.228. The van der Waals surface area contributed by atoms with Gasteiger partial charge in [-0.05, 0) is 19.1 Å². The second-order valence-corrected chi connectivity index (χ2v) is 8.44. The van der Waals surface area contributed by atoms with Crippen molar-refractivity contribution in [1.29, 1.82) is 0 Å². The second-order valence-electron chi connectivity index (χ2n) is 6.79. The summed E-state index contributed by atoms with van der Waals surface area (Å²) in [6.45, 7) is 1.21. The first-order valence-electron chi connectivity index (χ1n) is 9.31. The summed E-state index contributed by atoms with van der Waals surface area (Å²) in [4.78, 5) is 6.99. The van der Waals surface area contributed by atoms with Crippen molar-refractivity contribution in [3.63, 3.8) is 0 Å². The molecule has 0 bridgehead atoms. The molecular formula is C20H16F3N5O4S. The molecule has 0 aliphatic rings. The van der Waals surface area contributed by atoms with Crippen LogP contribution in [0.4, 0.5) is 18.9 Å². The second kappa shape index (κ2) is 8.58. The predicted octanol–water partition coefficient (Wildman–Crippen LogP) is 3.24. The minimum atomic E-state index is -4.52. The number of halogens is 3. The Labute approximate surface area is 185 Å². The van der Waals surface area contributed by atoms with Crippen LogP contribution >= 0.6 is 0 Å². The number of sulfonamides is 1. The van der Waals surface area contributed by atoms with E-state index in [0.717, 1.165) is 25.4 Å². The fourth-order valence-electron chi connectivity index (χ4n) is 2.99. The lowest BCUT2D eigenvalue weighted by molar-refractivity contribution is 0.291. The van der Waals surface area contributed by atoms with E-state index < -0.39 is 56.1 Å². The van der Waals surface area contributed by atoms with Gasteiger partial charge in [-0.3, -0.25) is 4.72 Å². The zero-order chi connectivity index (χ0) is 23.8. The highest BCUT2D eigenvalue weighted by Crippen LogP contribution is 2.28. The largest absolute Gasteiger partial charge is 0.487 e. The lowest BCUT2D eigenvalue weighted by Gasteiger charge is -2.14. The first kappa shape index (κ1) is 22.3. The van der Waals surface area contributed by atoms with E-state index in [0.29, 0.717) is 17.3 Å². The van der Waals surface area contributed by atoms with E-state index in [-0.39, 0.29) is 5.75 Å². The van der Waals surface area contributed by atoms with Crippen molar-refractivity contribution in [3.8, 4) is 11.6 Å². The number of benzene rings is 1. The van der Waals surface area contributed by atoms with Crippen LogP contribution in [0.25, 0.3) is 5.52 Å². The van der Waals surface area contributed by atoms with E-state index in [1.165, 1.54) is 17.0 Å². The molecule has 3 aromatic heterocycles. The number of ether oxygens (including phenoxy) is 2. The number of fused-ring (bicyclic) bond motifs is 1. The third-order valence-electron chi connectivity index (χ3n) is 4.65. The molecule has 0 saturated heterocycles. The highest BCUT2D eigenvalue weighted by Gasteiger charge is 2.25. The van der Waals surface area contributed by atoms with Gasteiger partial charge >= 0.3 is 0 Å². The molecule has 0 spiro atoms. The average Bonchev–Trinajstić information content (AvgIpc) is 3.16. The predicted molar refractivity (Wildman–Crippen MR) is 110 cm³/mol. The quantitative estimate of drug-likeness (QED) is 0.434. The number of nitrogens with zero attached hydrogens (tertiary/aromatic N) is 4. The summed E-state index contributed by atoms with van der Waals surface area (Å²) in [5, 5.41) is 4.08. The lowest BCUT2D eigenvalue weighted by Crippen LogP contribution is -2.17. The van der Waals surface area contributed by atoms with Crippen LogP contribution in [0.1, 0.15) is 11.3 Å². The molecule has 0 amide bonds. The molecule has 172 valence electrons. The van der Waals surface area contributed by atoms with Crippen molar-refractivity contribution < 1.29 is 31.1 Å². The molecule has 0 radical (unpaired) electrons. The van der Waals surface area contributed by atoms with Crippen molar-refractivity contribution in [2.24, 2.45) is 0 Å².